The third kappa shape index (κ3) is 6.55. The fraction of sp³-hybridized carbons (Fsp3) is 0.474. The number of aromatic nitrogens is 1. The summed E-state index contributed by atoms with van der Waals surface area (Å²) < 4.78 is 11.0. The van der Waals surface area contributed by atoms with Gasteiger partial charge < -0.3 is 19.7 Å². The van der Waals surface area contributed by atoms with Crippen molar-refractivity contribution >= 4 is 17.3 Å². The van der Waals surface area contributed by atoms with E-state index in [0.29, 0.717) is 13.2 Å². The monoisotopic (exact) mass is 376 g/mol. The zero-order chi connectivity index (χ0) is 18.8. The number of aliphatic imine (C=N–C) groups is 1. The summed E-state index contributed by atoms with van der Waals surface area (Å²) in [6.07, 6.45) is 0.843. The lowest BCUT2D eigenvalue weighted by Gasteiger charge is -2.21. The average Bonchev–Trinajstić information content (AvgIpc) is 3.05. The SMILES string of the molecule is CCNC(=NCCCOc1cccc(OC)c1)N(C)Cc1csc(C)n1. The smallest absolute Gasteiger partial charge is 0.194 e. The van der Waals surface area contributed by atoms with E-state index < -0.39 is 0 Å². The van der Waals surface area contributed by atoms with E-state index in [2.05, 4.69) is 32.5 Å². The van der Waals surface area contributed by atoms with Crippen LogP contribution in [0.3, 0.4) is 0 Å². The van der Waals surface area contributed by atoms with E-state index in [1.165, 1.54) is 0 Å². The van der Waals surface area contributed by atoms with Crippen LogP contribution in [0.15, 0.2) is 34.6 Å². The molecule has 0 aliphatic rings. The first-order chi connectivity index (χ1) is 12.6. The van der Waals surface area contributed by atoms with Crippen LogP contribution >= 0.6 is 11.3 Å². The molecular weight excluding hydrogens is 348 g/mol. The van der Waals surface area contributed by atoms with Gasteiger partial charge in [-0.1, -0.05) is 6.07 Å². The maximum atomic E-state index is 5.76. The van der Waals surface area contributed by atoms with Crippen LogP contribution in [-0.2, 0) is 6.54 Å². The zero-order valence-corrected chi connectivity index (χ0v) is 16.8. The van der Waals surface area contributed by atoms with Crippen molar-refractivity contribution in [3.63, 3.8) is 0 Å². The summed E-state index contributed by atoms with van der Waals surface area (Å²) in [5, 5.41) is 6.51. The molecule has 6 nitrogen and oxygen atoms in total. The quantitative estimate of drug-likeness (QED) is 0.413. The van der Waals surface area contributed by atoms with Crippen LogP contribution < -0.4 is 14.8 Å². The van der Waals surface area contributed by atoms with Gasteiger partial charge in [0.2, 0.25) is 0 Å². The van der Waals surface area contributed by atoms with Gasteiger partial charge in [0.1, 0.15) is 11.5 Å². The van der Waals surface area contributed by atoms with E-state index >= 15 is 0 Å². The first-order valence-corrected chi connectivity index (χ1v) is 9.67. The molecule has 0 aliphatic carbocycles. The van der Waals surface area contributed by atoms with Crippen LogP contribution in [-0.4, -0.2) is 49.7 Å². The Labute approximate surface area is 159 Å². The van der Waals surface area contributed by atoms with Crippen LogP contribution in [0, 0.1) is 6.92 Å². The van der Waals surface area contributed by atoms with Crippen molar-refractivity contribution in [2.24, 2.45) is 4.99 Å². The molecule has 2 rings (SSSR count). The van der Waals surface area contributed by atoms with Crippen LogP contribution in [0.1, 0.15) is 24.0 Å². The highest BCUT2D eigenvalue weighted by Gasteiger charge is 2.08. The molecule has 1 N–H and O–H groups in total. The Bertz CT molecular complexity index is 702. The number of nitrogens with zero attached hydrogens (tertiary/aromatic N) is 3. The Morgan fingerprint density at radius 1 is 1.35 bits per heavy atom. The van der Waals surface area contributed by atoms with Gasteiger partial charge in [0.25, 0.3) is 0 Å². The molecule has 0 amide bonds. The van der Waals surface area contributed by atoms with Crippen molar-refractivity contribution in [1.29, 1.82) is 0 Å². The minimum Gasteiger partial charge on any atom is -0.497 e. The van der Waals surface area contributed by atoms with Gasteiger partial charge >= 0.3 is 0 Å². The molecule has 0 unspecified atom stereocenters. The second-order valence-corrected chi connectivity index (χ2v) is 6.89. The summed E-state index contributed by atoms with van der Waals surface area (Å²) in [7, 11) is 3.68. The fourth-order valence-electron chi connectivity index (χ4n) is 2.40. The summed E-state index contributed by atoms with van der Waals surface area (Å²) >= 11 is 1.67. The average molecular weight is 377 g/mol. The first kappa shape index (κ1) is 20.0. The Morgan fingerprint density at radius 2 is 2.15 bits per heavy atom. The van der Waals surface area contributed by atoms with Gasteiger partial charge in [-0.05, 0) is 26.0 Å². The summed E-state index contributed by atoms with van der Waals surface area (Å²) in [5.74, 6) is 2.50. The van der Waals surface area contributed by atoms with Gasteiger partial charge in [0, 0.05) is 38.0 Å². The molecule has 0 spiro atoms. The van der Waals surface area contributed by atoms with Crippen LogP contribution in [0.5, 0.6) is 11.5 Å². The highest BCUT2D eigenvalue weighted by atomic mass is 32.1. The fourth-order valence-corrected chi connectivity index (χ4v) is 3.00. The van der Waals surface area contributed by atoms with E-state index in [0.717, 1.165) is 47.7 Å². The number of ether oxygens (including phenoxy) is 2. The molecule has 26 heavy (non-hydrogen) atoms. The lowest BCUT2D eigenvalue weighted by atomic mass is 10.3. The number of aryl methyl sites for hydroxylation is 1. The molecule has 0 atom stereocenters. The maximum absolute atomic E-state index is 5.76. The lowest BCUT2D eigenvalue weighted by molar-refractivity contribution is 0.310. The van der Waals surface area contributed by atoms with Gasteiger partial charge in [-0.25, -0.2) is 4.98 Å². The second kappa shape index (κ2) is 10.7. The van der Waals surface area contributed by atoms with Crippen molar-refractivity contribution in [2.75, 3.05) is 33.9 Å². The number of hydrogen-bond donors (Lipinski definition) is 1. The Balaban J connectivity index is 1.80. The third-order valence-corrected chi connectivity index (χ3v) is 4.46. The normalized spacial score (nSPS) is 11.3. The van der Waals surface area contributed by atoms with Crippen molar-refractivity contribution in [1.82, 2.24) is 15.2 Å². The molecule has 1 heterocycles. The summed E-state index contributed by atoms with van der Waals surface area (Å²) in [5.41, 5.74) is 1.07. The predicted octanol–water partition coefficient (Wildman–Crippen LogP) is 3.33. The highest BCUT2D eigenvalue weighted by molar-refractivity contribution is 7.09. The highest BCUT2D eigenvalue weighted by Crippen LogP contribution is 2.18. The maximum Gasteiger partial charge on any atom is 0.194 e. The van der Waals surface area contributed by atoms with E-state index in [-0.39, 0.29) is 0 Å². The lowest BCUT2D eigenvalue weighted by Crippen LogP contribution is -2.38. The minimum absolute atomic E-state index is 0.616. The zero-order valence-electron chi connectivity index (χ0n) is 16.0. The van der Waals surface area contributed by atoms with Gasteiger partial charge in [0.15, 0.2) is 5.96 Å². The topological polar surface area (TPSA) is 59.0 Å². The van der Waals surface area contributed by atoms with Gasteiger partial charge in [-0.2, -0.15) is 0 Å². The number of methoxy groups -OCH3 is 1. The molecule has 2 aromatic rings. The third-order valence-electron chi connectivity index (χ3n) is 3.64. The summed E-state index contributed by atoms with van der Waals surface area (Å²) in [4.78, 5) is 11.3. The van der Waals surface area contributed by atoms with E-state index in [4.69, 9.17) is 9.47 Å². The van der Waals surface area contributed by atoms with Crippen LogP contribution in [0.25, 0.3) is 0 Å². The van der Waals surface area contributed by atoms with Crippen LogP contribution in [0.2, 0.25) is 0 Å². The predicted molar refractivity (Wildman–Crippen MR) is 107 cm³/mol. The van der Waals surface area contributed by atoms with Gasteiger partial charge in [0.05, 0.1) is 31.0 Å². The molecule has 0 radical (unpaired) electrons. The molecule has 142 valence electrons. The number of guanidine groups is 1. The molecule has 0 saturated carbocycles. The molecular formula is C19H28N4O2S. The standard InChI is InChI=1S/C19H28N4O2S/c1-5-20-19(23(3)13-16-14-26-15(2)22-16)21-10-7-11-25-18-9-6-8-17(12-18)24-4/h6,8-9,12,14H,5,7,10-11,13H2,1-4H3,(H,20,21). The minimum atomic E-state index is 0.616. The van der Waals surface area contributed by atoms with Crippen molar-refractivity contribution in [3.8, 4) is 11.5 Å². The summed E-state index contributed by atoms with van der Waals surface area (Å²) in [6.45, 7) is 6.99. The van der Waals surface area contributed by atoms with Gasteiger partial charge in [-0.3, -0.25) is 4.99 Å². The molecule has 0 saturated heterocycles. The van der Waals surface area contributed by atoms with E-state index in [9.17, 15) is 0 Å². The second-order valence-electron chi connectivity index (χ2n) is 5.83. The molecule has 7 heteroatoms. The Morgan fingerprint density at radius 3 is 2.85 bits per heavy atom. The number of rotatable bonds is 9. The Kier molecular flexibility index (Phi) is 8.21. The molecule has 1 aromatic heterocycles. The number of nitrogens with one attached hydrogen (secondary N) is 1. The molecule has 0 fully saturated rings. The Hall–Kier alpha value is -2.28. The first-order valence-electron chi connectivity index (χ1n) is 8.79. The number of hydrogen-bond acceptors (Lipinski definition) is 5. The van der Waals surface area contributed by atoms with Crippen molar-refractivity contribution in [2.45, 2.75) is 26.8 Å². The van der Waals surface area contributed by atoms with Gasteiger partial charge in [-0.15, -0.1) is 11.3 Å². The number of benzene rings is 1. The van der Waals surface area contributed by atoms with Crippen molar-refractivity contribution < 1.29 is 9.47 Å². The van der Waals surface area contributed by atoms with Crippen LogP contribution in [0.4, 0.5) is 0 Å². The van der Waals surface area contributed by atoms with Crippen molar-refractivity contribution in [3.05, 3.63) is 40.3 Å². The summed E-state index contributed by atoms with van der Waals surface area (Å²) in [6, 6.07) is 7.64. The molecule has 0 aliphatic heterocycles. The molecule has 1 aromatic carbocycles. The molecule has 0 bridgehead atoms. The van der Waals surface area contributed by atoms with E-state index in [1.807, 2.05) is 38.2 Å². The van der Waals surface area contributed by atoms with E-state index in [1.54, 1.807) is 18.4 Å². The number of thiazole rings is 1. The largest absolute Gasteiger partial charge is 0.497 e.